The molecule has 4 heteroatoms. The minimum absolute atomic E-state index is 0.0586. The molecule has 24 heavy (non-hydrogen) atoms. The smallest absolute Gasteiger partial charge is 0.251 e. The van der Waals surface area contributed by atoms with Gasteiger partial charge in [0, 0.05) is 18.7 Å². The van der Waals surface area contributed by atoms with Gasteiger partial charge in [-0.3, -0.25) is 4.79 Å². The van der Waals surface area contributed by atoms with Crippen LogP contribution in [0.3, 0.4) is 0 Å². The molecule has 2 aromatic rings. The molecular formula is C20H25NO3. The maximum atomic E-state index is 12.1. The number of aryl methyl sites for hydroxylation is 1. The highest BCUT2D eigenvalue weighted by atomic mass is 16.5. The van der Waals surface area contributed by atoms with E-state index in [0.29, 0.717) is 18.7 Å². The van der Waals surface area contributed by atoms with Gasteiger partial charge < -0.3 is 14.8 Å². The number of nitrogens with one attached hydrogen (secondary N) is 1. The van der Waals surface area contributed by atoms with Crippen molar-refractivity contribution in [1.82, 2.24) is 5.32 Å². The summed E-state index contributed by atoms with van der Waals surface area (Å²) in [6.45, 7) is 5.17. The molecule has 1 amide bonds. The Kier molecular flexibility index (Phi) is 6.82. The number of carbonyl (C=O) groups excluding carboxylic acids is 1. The zero-order valence-electron chi connectivity index (χ0n) is 14.5. The van der Waals surface area contributed by atoms with Crippen LogP contribution in [0.2, 0.25) is 0 Å². The highest BCUT2D eigenvalue weighted by molar-refractivity contribution is 5.94. The van der Waals surface area contributed by atoms with Crippen molar-refractivity contribution < 1.29 is 14.3 Å². The third-order valence-electron chi connectivity index (χ3n) is 3.91. The van der Waals surface area contributed by atoms with E-state index in [1.165, 1.54) is 0 Å². The van der Waals surface area contributed by atoms with Gasteiger partial charge in [0.1, 0.15) is 5.75 Å². The Morgan fingerprint density at radius 1 is 1.17 bits per heavy atom. The van der Waals surface area contributed by atoms with Crippen LogP contribution in [0.15, 0.2) is 48.5 Å². The fourth-order valence-corrected chi connectivity index (χ4v) is 2.42. The van der Waals surface area contributed by atoms with Gasteiger partial charge >= 0.3 is 0 Å². The number of hydrogen-bond acceptors (Lipinski definition) is 3. The Morgan fingerprint density at radius 3 is 2.62 bits per heavy atom. The van der Waals surface area contributed by atoms with Crippen LogP contribution in [0.4, 0.5) is 0 Å². The Labute approximate surface area is 143 Å². The minimum atomic E-state index is -0.0931. The summed E-state index contributed by atoms with van der Waals surface area (Å²) in [4.78, 5) is 12.1. The van der Waals surface area contributed by atoms with Gasteiger partial charge in [0.05, 0.1) is 13.2 Å². The topological polar surface area (TPSA) is 47.6 Å². The molecule has 0 saturated carbocycles. The fourth-order valence-electron chi connectivity index (χ4n) is 2.42. The molecule has 0 aliphatic carbocycles. The molecular weight excluding hydrogens is 302 g/mol. The molecule has 2 aromatic carbocycles. The third kappa shape index (κ3) is 5.10. The first-order chi connectivity index (χ1) is 11.6. The van der Waals surface area contributed by atoms with Gasteiger partial charge in [0.15, 0.2) is 0 Å². The zero-order valence-corrected chi connectivity index (χ0v) is 14.5. The van der Waals surface area contributed by atoms with Crippen LogP contribution < -0.4 is 10.1 Å². The van der Waals surface area contributed by atoms with Crippen molar-refractivity contribution in [3.05, 3.63) is 65.2 Å². The van der Waals surface area contributed by atoms with Crippen LogP contribution in [0, 0.1) is 6.92 Å². The first-order valence-electron chi connectivity index (χ1n) is 8.21. The minimum Gasteiger partial charge on any atom is -0.496 e. The molecule has 128 valence electrons. The summed E-state index contributed by atoms with van der Waals surface area (Å²) in [6, 6.07) is 15.6. The van der Waals surface area contributed by atoms with Gasteiger partial charge in [-0.2, -0.15) is 0 Å². The molecule has 0 heterocycles. The lowest BCUT2D eigenvalue weighted by molar-refractivity contribution is 0.0635. The summed E-state index contributed by atoms with van der Waals surface area (Å²) in [5.74, 6) is 0.632. The quantitative estimate of drug-likeness (QED) is 0.748. The van der Waals surface area contributed by atoms with E-state index in [-0.39, 0.29) is 12.0 Å². The van der Waals surface area contributed by atoms with Crippen LogP contribution in [-0.2, 0) is 4.74 Å². The van der Waals surface area contributed by atoms with Crippen LogP contribution in [-0.4, -0.2) is 26.2 Å². The molecule has 0 aliphatic heterocycles. The Morgan fingerprint density at radius 2 is 1.92 bits per heavy atom. The van der Waals surface area contributed by atoms with Crippen molar-refractivity contribution in [1.29, 1.82) is 0 Å². The predicted octanol–water partition coefficient (Wildman–Crippen LogP) is 3.90. The second kappa shape index (κ2) is 9.08. The van der Waals surface area contributed by atoms with Crippen LogP contribution >= 0.6 is 0 Å². The first kappa shape index (κ1) is 18.0. The largest absolute Gasteiger partial charge is 0.496 e. The zero-order chi connectivity index (χ0) is 17.4. The number of benzene rings is 2. The van der Waals surface area contributed by atoms with Gasteiger partial charge in [-0.25, -0.2) is 0 Å². The SMILES string of the molecule is COc1cc(C(=O)NCCCO[C@@H](C)c2ccccc2)ccc1C. The van der Waals surface area contributed by atoms with E-state index < -0.39 is 0 Å². The summed E-state index contributed by atoms with van der Waals surface area (Å²) < 4.78 is 11.0. The Balaban J connectivity index is 1.71. The summed E-state index contributed by atoms with van der Waals surface area (Å²) in [7, 11) is 1.61. The molecule has 0 fully saturated rings. The molecule has 0 aliphatic rings. The van der Waals surface area contributed by atoms with Gasteiger partial charge in [-0.15, -0.1) is 0 Å². The highest BCUT2D eigenvalue weighted by Gasteiger charge is 2.08. The van der Waals surface area contributed by atoms with Crippen LogP contribution in [0.25, 0.3) is 0 Å². The Bertz CT molecular complexity index is 655. The average molecular weight is 327 g/mol. The number of ether oxygens (including phenoxy) is 2. The first-order valence-corrected chi connectivity index (χ1v) is 8.21. The third-order valence-corrected chi connectivity index (χ3v) is 3.91. The summed E-state index contributed by atoms with van der Waals surface area (Å²) >= 11 is 0. The highest BCUT2D eigenvalue weighted by Crippen LogP contribution is 2.19. The Hall–Kier alpha value is -2.33. The van der Waals surface area contributed by atoms with Crippen molar-refractivity contribution >= 4 is 5.91 Å². The standard InChI is InChI=1S/C20H25NO3/c1-15-10-11-18(14-19(15)23-3)20(22)21-12-7-13-24-16(2)17-8-5-4-6-9-17/h4-6,8-11,14,16H,7,12-13H2,1-3H3,(H,21,22)/t16-/m0/s1. The summed E-state index contributed by atoms with van der Waals surface area (Å²) in [6.07, 6.45) is 0.828. The van der Waals surface area contributed by atoms with E-state index >= 15 is 0 Å². The predicted molar refractivity (Wildman–Crippen MR) is 95.5 cm³/mol. The fraction of sp³-hybridized carbons (Fsp3) is 0.350. The monoisotopic (exact) mass is 327 g/mol. The van der Waals surface area contributed by atoms with Gasteiger partial charge in [-0.1, -0.05) is 36.4 Å². The van der Waals surface area contributed by atoms with Gasteiger partial charge in [0.2, 0.25) is 0 Å². The van der Waals surface area contributed by atoms with Gasteiger partial charge in [0.25, 0.3) is 5.91 Å². The lowest BCUT2D eigenvalue weighted by atomic mass is 10.1. The van der Waals surface area contributed by atoms with E-state index in [0.717, 1.165) is 23.3 Å². The molecule has 0 spiro atoms. The molecule has 1 atom stereocenters. The molecule has 2 rings (SSSR count). The molecule has 0 saturated heterocycles. The number of rotatable bonds is 8. The molecule has 0 bridgehead atoms. The lowest BCUT2D eigenvalue weighted by Gasteiger charge is -2.13. The summed E-state index contributed by atoms with van der Waals surface area (Å²) in [5, 5.41) is 2.91. The second-order valence-corrected chi connectivity index (χ2v) is 5.72. The maximum Gasteiger partial charge on any atom is 0.251 e. The van der Waals surface area contributed by atoms with E-state index in [4.69, 9.17) is 9.47 Å². The van der Waals surface area contributed by atoms with Crippen molar-refractivity contribution in [3.8, 4) is 5.75 Å². The van der Waals surface area contributed by atoms with Crippen molar-refractivity contribution in [2.45, 2.75) is 26.4 Å². The number of methoxy groups -OCH3 is 1. The van der Waals surface area contributed by atoms with Crippen LogP contribution in [0.1, 0.15) is 40.9 Å². The summed E-state index contributed by atoms with van der Waals surface area (Å²) in [5.41, 5.74) is 2.78. The molecule has 4 nitrogen and oxygen atoms in total. The normalized spacial score (nSPS) is 11.8. The van der Waals surface area contributed by atoms with Gasteiger partial charge in [-0.05, 0) is 43.5 Å². The molecule has 1 N–H and O–H groups in total. The maximum absolute atomic E-state index is 12.1. The molecule has 0 unspecified atom stereocenters. The van der Waals surface area contributed by atoms with E-state index in [1.807, 2.05) is 38.1 Å². The van der Waals surface area contributed by atoms with E-state index in [1.54, 1.807) is 19.2 Å². The number of hydrogen-bond donors (Lipinski definition) is 1. The van der Waals surface area contributed by atoms with Crippen molar-refractivity contribution in [2.75, 3.05) is 20.3 Å². The van der Waals surface area contributed by atoms with Crippen molar-refractivity contribution in [3.63, 3.8) is 0 Å². The number of amides is 1. The molecule has 0 radical (unpaired) electrons. The second-order valence-electron chi connectivity index (χ2n) is 5.72. The van der Waals surface area contributed by atoms with Crippen LogP contribution in [0.5, 0.6) is 5.75 Å². The van der Waals surface area contributed by atoms with E-state index in [2.05, 4.69) is 17.4 Å². The lowest BCUT2D eigenvalue weighted by Crippen LogP contribution is -2.25. The average Bonchev–Trinajstić information content (AvgIpc) is 2.62. The van der Waals surface area contributed by atoms with E-state index in [9.17, 15) is 4.79 Å². The van der Waals surface area contributed by atoms with Crippen molar-refractivity contribution in [2.24, 2.45) is 0 Å². The molecule has 0 aromatic heterocycles. The number of carbonyl (C=O) groups is 1.